The van der Waals surface area contributed by atoms with Crippen LogP contribution in [0.1, 0.15) is 5.82 Å². The second-order valence-electron chi connectivity index (χ2n) is 2.48. The van der Waals surface area contributed by atoms with E-state index >= 15 is 0 Å². The van der Waals surface area contributed by atoms with Crippen molar-refractivity contribution in [2.45, 2.75) is 6.92 Å². The number of para-hydroxylation sites is 1. The molecule has 3 heteroatoms. The molecule has 0 spiro atoms. The Labute approximate surface area is 85.3 Å². The van der Waals surface area contributed by atoms with E-state index in [0.717, 1.165) is 16.7 Å². The summed E-state index contributed by atoms with van der Waals surface area (Å²) in [4.78, 5) is 8.36. The summed E-state index contributed by atoms with van der Waals surface area (Å²) in [5, 5.41) is 1.10. The van der Waals surface area contributed by atoms with Crippen LogP contribution in [0.25, 0.3) is 10.9 Å². The molecule has 2 rings (SSSR count). The van der Waals surface area contributed by atoms with Crippen molar-refractivity contribution < 1.29 is 21.1 Å². The van der Waals surface area contributed by atoms with Gasteiger partial charge in [0.1, 0.15) is 5.82 Å². The summed E-state index contributed by atoms with van der Waals surface area (Å²) in [6.07, 6.45) is 1.84. The minimum absolute atomic E-state index is 0. The van der Waals surface area contributed by atoms with Crippen molar-refractivity contribution in [1.29, 1.82) is 0 Å². The Morgan fingerprint density at radius 3 is 2.75 bits per heavy atom. The third kappa shape index (κ3) is 1.70. The predicted octanol–water partition coefficient (Wildman–Crippen LogP) is 1.94. The van der Waals surface area contributed by atoms with Crippen molar-refractivity contribution in [2.75, 3.05) is 0 Å². The molecular formula is C9H8N2Pt. The fourth-order valence-electron chi connectivity index (χ4n) is 1.06. The summed E-state index contributed by atoms with van der Waals surface area (Å²) in [6.45, 7) is 1.90. The number of aromatic nitrogens is 2. The van der Waals surface area contributed by atoms with Crippen molar-refractivity contribution in [3.05, 3.63) is 36.3 Å². The molecule has 0 N–H and O–H groups in total. The summed E-state index contributed by atoms with van der Waals surface area (Å²) in [7, 11) is 0. The number of aryl methyl sites for hydroxylation is 1. The van der Waals surface area contributed by atoms with E-state index in [9.17, 15) is 0 Å². The smallest absolute Gasteiger partial charge is 0.125 e. The van der Waals surface area contributed by atoms with Gasteiger partial charge < -0.3 is 0 Å². The molecule has 0 aliphatic rings. The first-order valence-electron chi connectivity index (χ1n) is 3.55. The minimum atomic E-state index is 0. The Morgan fingerprint density at radius 2 is 1.92 bits per heavy atom. The van der Waals surface area contributed by atoms with Crippen molar-refractivity contribution >= 4 is 10.9 Å². The minimum Gasteiger partial charge on any atom is -0.241 e. The van der Waals surface area contributed by atoms with Gasteiger partial charge in [-0.05, 0) is 13.0 Å². The van der Waals surface area contributed by atoms with Gasteiger partial charge in [0.15, 0.2) is 0 Å². The zero-order valence-electron chi connectivity index (χ0n) is 6.60. The van der Waals surface area contributed by atoms with Crippen molar-refractivity contribution in [2.24, 2.45) is 0 Å². The van der Waals surface area contributed by atoms with Crippen LogP contribution in [0.4, 0.5) is 0 Å². The second kappa shape index (κ2) is 3.77. The Kier molecular flexibility index (Phi) is 2.93. The van der Waals surface area contributed by atoms with E-state index in [1.54, 1.807) is 0 Å². The van der Waals surface area contributed by atoms with Gasteiger partial charge in [0.25, 0.3) is 0 Å². The van der Waals surface area contributed by atoms with Crippen LogP contribution in [0.2, 0.25) is 0 Å². The SMILES string of the molecule is Cc1ncc2ccccc2n1.[Pt]. The third-order valence-corrected chi connectivity index (χ3v) is 1.61. The molecule has 1 aromatic heterocycles. The van der Waals surface area contributed by atoms with Gasteiger partial charge in [0, 0.05) is 32.6 Å². The van der Waals surface area contributed by atoms with Crippen molar-refractivity contribution in [3.63, 3.8) is 0 Å². The van der Waals surface area contributed by atoms with Crippen LogP contribution in [-0.2, 0) is 21.1 Å². The summed E-state index contributed by atoms with van der Waals surface area (Å²) >= 11 is 0. The maximum Gasteiger partial charge on any atom is 0.125 e. The van der Waals surface area contributed by atoms with Crippen LogP contribution in [-0.4, -0.2) is 9.97 Å². The molecule has 64 valence electrons. The molecule has 2 aromatic rings. The molecule has 0 saturated heterocycles. The van der Waals surface area contributed by atoms with Gasteiger partial charge >= 0.3 is 0 Å². The average Bonchev–Trinajstić information content (AvgIpc) is 2.04. The van der Waals surface area contributed by atoms with Crippen LogP contribution in [0.5, 0.6) is 0 Å². The Balaban J connectivity index is 0.000000720. The number of nitrogens with zero attached hydrogens (tertiary/aromatic N) is 2. The number of hydrogen-bond acceptors (Lipinski definition) is 2. The molecule has 0 radical (unpaired) electrons. The van der Waals surface area contributed by atoms with E-state index in [-0.39, 0.29) is 21.1 Å². The topological polar surface area (TPSA) is 25.8 Å². The zero-order chi connectivity index (χ0) is 7.68. The molecule has 0 saturated carbocycles. The van der Waals surface area contributed by atoms with Crippen molar-refractivity contribution in [1.82, 2.24) is 9.97 Å². The summed E-state index contributed by atoms with van der Waals surface area (Å²) < 4.78 is 0. The number of benzene rings is 1. The maximum absolute atomic E-state index is 4.26. The Hall–Kier alpha value is -0.752. The van der Waals surface area contributed by atoms with Crippen LogP contribution in [0, 0.1) is 6.92 Å². The van der Waals surface area contributed by atoms with E-state index in [2.05, 4.69) is 9.97 Å². The van der Waals surface area contributed by atoms with E-state index in [4.69, 9.17) is 0 Å². The predicted molar refractivity (Wildman–Crippen MR) is 44.3 cm³/mol. The van der Waals surface area contributed by atoms with Crippen molar-refractivity contribution in [3.8, 4) is 0 Å². The van der Waals surface area contributed by atoms with Crippen LogP contribution in [0.3, 0.4) is 0 Å². The first-order chi connectivity index (χ1) is 5.36. The average molecular weight is 339 g/mol. The normalized spacial score (nSPS) is 9.42. The van der Waals surface area contributed by atoms with E-state index < -0.39 is 0 Å². The molecule has 0 atom stereocenters. The van der Waals surface area contributed by atoms with Gasteiger partial charge in [-0.1, -0.05) is 18.2 Å². The molecule has 0 bridgehead atoms. The largest absolute Gasteiger partial charge is 0.241 e. The van der Waals surface area contributed by atoms with E-state index in [1.807, 2.05) is 37.4 Å². The third-order valence-electron chi connectivity index (χ3n) is 1.61. The van der Waals surface area contributed by atoms with Crippen LogP contribution >= 0.6 is 0 Å². The molecule has 0 unspecified atom stereocenters. The molecule has 2 nitrogen and oxygen atoms in total. The summed E-state index contributed by atoms with van der Waals surface area (Å²) in [5.41, 5.74) is 1.01. The molecular weight excluding hydrogens is 331 g/mol. The number of fused-ring (bicyclic) bond motifs is 1. The van der Waals surface area contributed by atoms with Gasteiger partial charge in [0.2, 0.25) is 0 Å². The van der Waals surface area contributed by atoms with Gasteiger partial charge in [-0.2, -0.15) is 0 Å². The molecule has 12 heavy (non-hydrogen) atoms. The molecule has 0 aliphatic carbocycles. The van der Waals surface area contributed by atoms with Gasteiger partial charge in [-0.3, -0.25) is 0 Å². The quantitative estimate of drug-likeness (QED) is 0.733. The maximum atomic E-state index is 4.26. The molecule has 1 heterocycles. The number of rotatable bonds is 0. The van der Waals surface area contributed by atoms with Crippen LogP contribution < -0.4 is 0 Å². The van der Waals surface area contributed by atoms with E-state index in [0.29, 0.717) is 0 Å². The van der Waals surface area contributed by atoms with Crippen LogP contribution in [0.15, 0.2) is 30.5 Å². The number of hydrogen-bond donors (Lipinski definition) is 0. The molecule has 1 aromatic carbocycles. The zero-order valence-corrected chi connectivity index (χ0v) is 8.87. The first kappa shape index (κ1) is 9.34. The second-order valence-corrected chi connectivity index (χ2v) is 2.48. The fraction of sp³-hybridized carbons (Fsp3) is 0.111. The first-order valence-corrected chi connectivity index (χ1v) is 3.55. The Bertz CT molecular complexity index is 387. The summed E-state index contributed by atoms with van der Waals surface area (Å²) in [6, 6.07) is 7.97. The standard InChI is InChI=1S/C9H8N2.Pt/c1-7-10-6-8-4-2-3-5-9(8)11-7;/h2-6H,1H3;. The molecule has 0 amide bonds. The fourth-order valence-corrected chi connectivity index (χ4v) is 1.06. The molecule has 0 fully saturated rings. The molecule has 0 aliphatic heterocycles. The van der Waals surface area contributed by atoms with Gasteiger partial charge in [-0.15, -0.1) is 0 Å². The monoisotopic (exact) mass is 339 g/mol. The van der Waals surface area contributed by atoms with E-state index in [1.165, 1.54) is 0 Å². The van der Waals surface area contributed by atoms with Gasteiger partial charge in [0.05, 0.1) is 5.52 Å². The summed E-state index contributed by atoms with van der Waals surface area (Å²) in [5.74, 6) is 0.823. The van der Waals surface area contributed by atoms with Gasteiger partial charge in [-0.25, -0.2) is 9.97 Å². The Morgan fingerprint density at radius 1 is 1.17 bits per heavy atom.